The minimum Gasteiger partial charge on any atom is -0.318 e. The first-order valence-electron chi connectivity index (χ1n) is 6.90. The van der Waals surface area contributed by atoms with Crippen LogP contribution in [0.4, 0.5) is 10.1 Å². The zero-order valence-electron chi connectivity index (χ0n) is 12.4. The summed E-state index contributed by atoms with van der Waals surface area (Å²) in [6.45, 7) is 1.69. The largest absolute Gasteiger partial charge is 0.318 e. The standard InChI is InChI=1S/C16H11Cl2FN4O/c1-9-20-15(22-23(9)11-7-5-10(19)6-8-11)16(24)21-13-4-2-3-12(17)14(13)18/h2-8H,1H3,(H,21,24). The molecule has 1 amide bonds. The Balaban J connectivity index is 1.87. The molecule has 0 aliphatic heterocycles. The van der Waals surface area contributed by atoms with E-state index in [1.54, 1.807) is 37.3 Å². The Morgan fingerprint density at radius 3 is 2.58 bits per heavy atom. The molecular formula is C16H11Cl2FN4O. The van der Waals surface area contributed by atoms with Gasteiger partial charge in [0.05, 0.1) is 21.4 Å². The number of halogens is 3. The number of nitrogens with one attached hydrogen (secondary N) is 1. The molecule has 3 aromatic rings. The molecule has 0 unspecified atom stereocenters. The third kappa shape index (κ3) is 3.25. The summed E-state index contributed by atoms with van der Waals surface area (Å²) >= 11 is 12.0. The molecular weight excluding hydrogens is 354 g/mol. The molecule has 5 nitrogen and oxygen atoms in total. The minimum absolute atomic E-state index is 0.0344. The number of nitrogens with zero attached hydrogens (tertiary/aromatic N) is 3. The molecule has 0 fully saturated rings. The number of hydrogen-bond donors (Lipinski definition) is 1. The predicted octanol–water partition coefficient (Wildman–Crippen LogP) is 4.27. The summed E-state index contributed by atoms with van der Waals surface area (Å²) in [4.78, 5) is 16.4. The van der Waals surface area contributed by atoms with Gasteiger partial charge in [-0.25, -0.2) is 14.1 Å². The third-order valence-corrected chi connectivity index (χ3v) is 4.06. The maximum Gasteiger partial charge on any atom is 0.295 e. The van der Waals surface area contributed by atoms with Crippen molar-refractivity contribution in [1.29, 1.82) is 0 Å². The molecule has 1 heterocycles. The van der Waals surface area contributed by atoms with Crippen LogP contribution in [0.25, 0.3) is 5.69 Å². The first-order valence-corrected chi connectivity index (χ1v) is 7.66. The highest BCUT2D eigenvalue weighted by Gasteiger charge is 2.17. The molecule has 1 aromatic heterocycles. The van der Waals surface area contributed by atoms with Crippen LogP contribution in [0.1, 0.15) is 16.4 Å². The number of amides is 1. The molecule has 0 spiro atoms. The van der Waals surface area contributed by atoms with Gasteiger partial charge in [0.2, 0.25) is 5.82 Å². The number of carbonyl (C=O) groups excluding carboxylic acids is 1. The van der Waals surface area contributed by atoms with E-state index in [2.05, 4.69) is 15.4 Å². The summed E-state index contributed by atoms with van der Waals surface area (Å²) in [5, 5.41) is 7.33. The van der Waals surface area contributed by atoms with Gasteiger partial charge >= 0.3 is 0 Å². The molecule has 0 atom stereocenters. The van der Waals surface area contributed by atoms with Gasteiger partial charge in [-0.1, -0.05) is 29.3 Å². The monoisotopic (exact) mass is 364 g/mol. The number of aryl methyl sites for hydroxylation is 1. The Kier molecular flexibility index (Phi) is 4.51. The van der Waals surface area contributed by atoms with Gasteiger partial charge in [-0.2, -0.15) is 0 Å². The number of benzene rings is 2. The van der Waals surface area contributed by atoms with Gasteiger partial charge in [0.25, 0.3) is 5.91 Å². The Morgan fingerprint density at radius 2 is 1.88 bits per heavy atom. The van der Waals surface area contributed by atoms with E-state index in [0.717, 1.165) is 0 Å². The molecule has 0 aliphatic carbocycles. The highest BCUT2D eigenvalue weighted by atomic mass is 35.5. The van der Waals surface area contributed by atoms with Crippen LogP contribution in [0, 0.1) is 12.7 Å². The smallest absolute Gasteiger partial charge is 0.295 e. The Morgan fingerprint density at radius 1 is 1.17 bits per heavy atom. The first-order chi connectivity index (χ1) is 11.5. The highest BCUT2D eigenvalue weighted by molar-refractivity contribution is 6.44. The van der Waals surface area contributed by atoms with Crippen molar-refractivity contribution in [3.63, 3.8) is 0 Å². The molecule has 0 radical (unpaired) electrons. The van der Waals surface area contributed by atoms with Crippen molar-refractivity contribution >= 4 is 34.8 Å². The molecule has 0 bridgehead atoms. The van der Waals surface area contributed by atoms with Crippen LogP contribution in [0.2, 0.25) is 10.0 Å². The summed E-state index contributed by atoms with van der Waals surface area (Å²) in [7, 11) is 0. The average Bonchev–Trinajstić information content (AvgIpc) is 2.94. The normalized spacial score (nSPS) is 10.7. The van der Waals surface area contributed by atoms with Gasteiger partial charge in [-0.3, -0.25) is 4.79 Å². The SMILES string of the molecule is Cc1nc(C(=O)Nc2cccc(Cl)c2Cl)nn1-c1ccc(F)cc1. The highest BCUT2D eigenvalue weighted by Crippen LogP contribution is 2.29. The maximum atomic E-state index is 13.0. The molecule has 2 aromatic carbocycles. The van der Waals surface area contributed by atoms with Crippen molar-refractivity contribution in [2.45, 2.75) is 6.92 Å². The van der Waals surface area contributed by atoms with E-state index in [4.69, 9.17) is 23.2 Å². The van der Waals surface area contributed by atoms with Crippen molar-refractivity contribution in [3.8, 4) is 5.69 Å². The van der Waals surface area contributed by atoms with Gasteiger partial charge < -0.3 is 5.32 Å². The third-order valence-electron chi connectivity index (χ3n) is 3.24. The van der Waals surface area contributed by atoms with Crippen LogP contribution in [-0.4, -0.2) is 20.7 Å². The van der Waals surface area contributed by atoms with Crippen LogP contribution in [0.15, 0.2) is 42.5 Å². The van der Waals surface area contributed by atoms with Crippen molar-refractivity contribution in [1.82, 2.24) is 14.8 Å². The van der Waals surface area contributed by atoms with Crippen molar-refractivity contribution < 1.29 is 9.18 Å². The van der Waals surface area contributed by atoms with Gasteiger partial charge in [-0.05, 0) is 43.3 Å². The Hall–Kier alpha value is -2.44. The second kappa shape index (κ2) is 6.59. The van der Waals surface area contributed by atoms with Crippen LogP contribution in [0.3, 0.4) is 0 Å². The van der Waals surface area contributed by atoms with Gasteiger partial charge in [-0.15, -0.1) is 5.10 Å². The zero-order valence-corrected chi connectivity index (χ0v) is 13.9. The van der Waals surface area contributed by atoms with Crippen molar-refractivity contribution in [3.05, 3.63) is 70.0 Å². The lowest BCUT2D eigenvalue weighted by atomic mass is 10.3. The Bertz CT molecular complexity index is 909. The van der Waals surface area contributed by atoms with Crippen molar-refractivity contribution in [2.24, 2.45) is 0 Å². The lowest BCUT2D eigenvalue weighted by Crippen LogP contribution is -2.14. The molecule has 1 N–H and O–H groups in total. The van der Waals surface area contributed by atoms with Crippen molar-refractivity contribution in [2.75, 3.05) is 5.32 Å². The summed E-state index contributed by atoms with van der Waals surface area (Å²) in [5.41, 5.74) is 0.964. The fourth-order valence-corrected chi connectivity index (χ4v) is 2.44. The van der Waals surface area contributed by atoms with Gasteiger partial charge in [0.1, 0.15) is 11.6 Å². The second-order valence-corrected chi connectivity index (χ2v) is 5.71. The summed E-state index contributed by atoms with van der Waals surface area (Å²) < 4.78 is 14.5. The van der Waals surface area contributed by atoms with Crippen LogP contribution in [0.5, 0.6) is 0 Å². The van der Waals surface area contributed by atoms with E-state index in [1.807, 2.05) is 0 Å². The van der Waals surface area contributed by atoms with E-state index < -0.39 is 5.91 Å². The summed E-state index contributed by atoms with van der Waals surface area (Å²) in [5.74, 6) is -0.426. The molecule has 0 saturated carbocycles. The molecule has 3 rings (SSSR count). The van der Waals surface area contributed by atoms with E-state index >= 15 is 0 Å². The van der Waals surface area contributed by atoms with Crippen LogP contribution >= 0.6 is 23.2 Å². The van der Waals surface area contributed by atoms with Gasteiger partial charge in [0.15, 0.2) is 0 Å². The number of anilines is 1. The summed E-state index contributed by atoms with van der Waals surface area (Å²) in [6, 6.07) is 10.6. The van der Waals surface area contributed by atoms with Crippen LogP contribution < -0.4 is 5.32 Å². The topological polar surface area (TPSA) is 59.8 Å². The first kappa shape index (κ1) is 16.4. The molecule has 8 heteroatoms. The summed E-state index contributed by atoms with van der Waals surface area (Å²) in [6.07, 6.45) is 0. The van der Waals surface area contributed by atoms with E-state index in [0.29, 0.717) is 22.2 Å². The predicted molar refractivity (Wildman–Crippen MR) is 90.5 cm³/mol. The van der Waals surface area contributed by atoms with E-state index in [-0.39, 0.29) is 16.7 Å². The van der Waals surface area contributed by atoms with Crippen LogP contribution in [-0.2, 0) is 0 Å². The number of rotatable bonds is 3. The molecule has 24 heavy (non-hydrogen) atoms. The molecule has 0 saturated heterocycles. The second-order valence-electron chi connectivity index (χ2n) is 4.93. The maximum absolute atomic E-state index is 13.0. The number of hydrogen-bond acceptors (Lipinski definition) is 3. The molecule has 122 valence electrons. The lowest BCUT2D eigenvalue weighted by molar-refractivity contribution is 0.101. The number of aromatic nitrogens is 3. The minimum atomic E-state index is -0.525. The van der Waals surface area contributed by atoms with E-state index in [9.17, 15) is 9.18 Å². The molecule has 0 aliphatic rings. The lowest BCUT2D eigenvalue weighted by Gasteiger charge is -2.06. The number of carbonyl (C=O) groups is 1. The fourth-order valence-electron chi connectivity index (χ4n) is 2.09. The van der Waals surface area contributed by atoms with Gasteiger partial charge in [0, 0.05) is 0 Å². The average molecular weight is 365 g/mol. The Labute approximate surface area is 147 Å². The van der Waals surface area contributed by atoms with E-state index in [1.165, 1.54) is 16.8 Å². The zero-order chi connectivity index (χ0) is 17.3. The fraction of sp³-hybridized carbons (Fsp3) is 0.0625. The quantitative estimate of drug-likeness (QED) is 0.754.